The number of methoxy groups -OCH3 is 2. The standard InChI is InChI=1S/C27H24F2N4O4S.C20H18BrFN4O4S.C7H8BFO2/c1-17-12-18(4-6-21(17)28)20-13-25(37-2)24(14-22(20)29)33-23-8-11-32(15-19(23)5-7-27(33)34)38(35,36)16-26-30-9-3-10-31-26;1-30-18-9-14(21)15(22)10-17(18)26-16-5-8-25(11-13(16)3-4-20(26)27)31(28,29)12-19-23-6-2-7-24-19;1-5-4-6(8(10)11)2-3-7(5)9/h3-7,9-10,12-14H,8,11,15-16H2,1-2H3;2-4,6-7,9-10H,5,8,11-12H2,1H3;2-4,10-11H,1H3. The zero-order chi connectivity index (χ0) is 57.6. The van der Waals surface area contributed by atoms with Crippen molar-refractivity contribution in [2.45, 2.75) is 51.3 Å². The molecule has 0 aliphatic carbocycles. The molecule has 6 heterocycles. The predicted octanol–water partition coefficient (Wildman–Crippen LogP) is 6.02. The van der Waals surface area contributed by atoms with E-state index in [2.05, 4.69) is 35.9 Å². The number of benzene rings is 4. The lowest BCUT2D eigenvalue weighted by Gasteiger charge is -2.30. The van der Waals surface area contributed by atoms with Gasteiger partial charge in [-0.3, -0.25) is 18.7 Å². The number of aryl methyl sites for hydroxylation is 2. The Labute approximate surface area is 466 Å². The molecule has 2 aliphatic rings. The first-order chi connectivity index (χ1) is 38.1. The second-order valence-electron chi connectivity index (χ2n) is 18.3. The monoisotopic (exact) mass is 1200 g/mol. The first-order valence-corrected chi connectivity index (χ1v) is 28.3. The van der Waals surface area contributed by atoms with Crippen molar-refractivity contribution in [1.29, 1.82) is 0 Å². The summed E-state index contributed by atoms with van der Waals surface area (Å²) in [4.78, 5) is 41.7. The van der Waals surface area contributed by atoms with Crippen LogP contribution in [-0.2, 0) is 57.5 Å². The third kappa shape index (κ3) is 13.2. The van der Waals surface area contributed by atoms with Gasteiger partial charge in [0, 0.05) is 105 Å². The molecule has 80 heavy (non-hydrogen) atoms. The van der Waals surface area contributed by atoms with Crippen molar-refractivity contribution >= 4 is 48.6 Å². The predicted molar refractivity (Wildman–Crippen MR) is 293 cm³/mol. The first kappa shape index (κ1) is 58.7. The molecule has 4 aromatic carbocycles. The van der Waals surface area contributed by atoms with Crippen molar-refractivity contribution in [2.75, 3.05) is 27.3 Å². The number of aromatic nitrogens is 6. The van der Waals surface area contributed by atoms with Crippen LogP contribution in [0.2, 0.25) is 0 Å². The van der Waals surface area contributed by atoms with Crippen LogP contribution in [0, 0.1) is 37.1 Å². The highest BCUT2D eigenvalue weighted by Crippen LogP contribution is 2.36. The van der Waals surface area contributed by atoms with Gasteiger partial charge in [-0.15, -0.1) is 0 Å². The van der Waals surface area contributed by atoms with Crippen molar-refractivity contribution < 1.29 is 53.9 Å². The second kappa shape index (κ2) is 24.9. The summed E-state index contributed by atoms with van der Waals surface area (Å²) in [5.41, 5.74) is 3.94. The van der Waals surface area contributed by atoms with Gasteiger partial charge in [0.05, 0.1) is 30.1 Å². The molecule has 26 heteroatoms. The van der Waals surface area contributed by atoms with Gasteiger partial charge < -0.3 is 19.5 Å². The van der Waals surface area contributed by atoms with E-state index in [0.717, 1.165) is 0 Å². The second-order valence-corrected chi connectivity index (χ2v) is 23.0. The Morgan fingerprint density at radius 3 is 1.49 bits per heavy atom. The van der Waals surface area contributed by atoms with Crippen molar-refractivity contribution in [3.63, 3.8) is 0 Å². The van der Waals surface area contributed by atoms with E-state index in [4.69, 9.17) is 19.5 Å². The highest BCUT2D eigenvalue weighted by Gasteiger charge is 2.32. The molecule has 0 amide bonds. The fraction of sp³-hybridized carbons (Fsp3) is 0.222. The third-order valence-electron chi connectivity index (χ3n) is 13.0. The van der Waals surface area contributed by atoms with Gasteiger partial charge in [-0.2, -0.15) is 8.61 Å². The minimum atomic E-state index is -3.72. The van der Waals surface area contributed by atoms with Crippen molar-refractivity contribution in [3.05, 3.63) is 216 Å². The van der Waals surface area contributed by atoms with Crippen LogP contribution in [0.3, 0.4) is 0 Å². The smallest absolute Gasteiger partial charge is 0.488 e. The molecule has 0 fully saturated rings. The Hall–Kier alpha value is -7.46. The number of halogens is 5. The zero-order valence-electron chi connectivity index (χ0n) is 43.2. The van der Waals surface area contributed by atoms with E-state index in [0.29, 0.717) is 50.4 Å². The maximum atomic E-state index is 15.4. The number of pyridine rings is 2. The molecule has 10 rings (SSSR count). The van der Waals surface area contributed by atoms with Crippen LogP contribution in [0.4, 0.5) is 17.6 Å². The van der Waals surface area contributed by atoms with Crippen LogP contribution in [0.5, 0.6) is 11.5 Å². The van der Waals surface area contributed by atoms with Gasteiger partial charge >= 0.3 is 7.12 Å². The Morgan fingerprint density at radius 1 is 0.588 bits per heavy atom. The number of hydrogen-bond donors (Lipinski definition) is 2. The Balaban J connectivity index is 0.000000179. The number of fused-ring (bicyclic) bond motifs is 2. The lowest BCUT2D eigenvalue weighted by atomic mass is 9.80. The molecular formula is C54H50BBrF4N8O10S2. The summed E-state index contributed by atoms with van der Waals surface area (Å²) in [6, 6.07) is 22.7. The van der Waals surface area contributed by atoms with Gasteiger partial charge in [-0.25, -0.2) is 54.3 Å². The molecule has 2 N–H and O–H groups in total. The van der Waals surface area contributed by atoms with Gasteiger partial charge in [-0.05, 0) is 106 Å². The van der Waals surface area contributed by atoms with Crippen LogP contribution in [0.25, 0.3) is 22.5 Å². The molecular weight excluding hydrogens is 1150 g/mol. The van der Waals surface area contributed by atoms with Crippen LogP contribution in [0.15, 0.2) is 136 Å². The summed E-state index contributed by atoms with van der Waals surface area (Å²) < 4.78 is 124. The van der Waals surface area contributed by atoms with Gasteiger partial charge in [-0.1, -0.05) is 30.3 Å². The van der Waals surface area contributed by atoms with E-state index in [1.807, 2.05) is 0 Å². The molecule has 0 saturated heterocycles. The summed E-state index contributed by atoms with van der Waals surface area (Å²) in [5.74, 6) is -1.56. The van der Waals surface area contributed by atoms with E-state index in [9.17, 15) is 39.6 Å². The maximum Gasteiger partial charge on any atom is 0.488 e. The number of rotatable bonds is 12. The lowest BCUT2D eigenvalue weighted by molar-refractivity contribution is 0.381. The number of hydrogen-bond acceptors (Lipinski definition) is 14. The fourth-order valence-corrected chi connectivity index (χ4v) is 12.0. The maximum absolute atomic E-state index is 15.4. The largest absolute Gasteiger partial charge is 0.495 e. The minimum absolute atomic E-state index is 0.0442. The van der Waals surface area contributed by atoms with Gasteiger partial charge in [0.2, 0.25) is 20.0 Å². The average Bonchev–Trinajstić information content (AvgIpc) is 3.60. The van der Waals surface area contributed by atoms with E-state index >= 15 is 4.39 Å². The molecule has 0 bridgehead atoms. The molecule has 8 aromatic rings. The Morgan fingerprint density at radius 2 is 1.04 bits per heavy atom. The molecule has 18 nitrogen and oxygen atoms in total. The third-order valence-corrected chi connectivity index (χ3v) is 17.1. The van der Waals surface area contributed by atoms with Crippen LogP contribution in [0.1, 0.15) is 45.3 Å². The minimum Gasteiger partial charge on any atom is -0.495 e. The fourth-order valence-electron chi connectivity index (χ4n) is 8.99. The van der Waals surface area contributed by atoms with E-state index in [1.165, 1.54) is 123 Å². The average molecular weight is 1200 g/mol. The summed E-state index contributed by atoms with van der Waals surface area (Å²) in [6.45, 7) is 3.60. The summed E-state index contributed by atoms with van der Waals surface area (Å²) in [7, 11) is -6.05. The number of sulfonamides is 2. The van der Waals surface area contributed by atoms with Crippen molar-refractivity contribution in [1.82, 2.24) is 37.7 Å². The molecule has 0 spiro atoms. The molecule has 416 valence electrons. The van der Waals surface area contributed by atoms with E-state index in [1.54, 1.807) is 44.2 Å². The van der Waals surface area contributed by atoms with Crippen molar-refractivity contribution in [2.24, 2.45) is 0 Å². The lowest BCUT2D eigenvalue weighted by Crippen LogP contribution is -2.39. The molecule has 0 saturated carbocycles. The van der Waals surface area contributed by atoms with Gasteiger partial charge in [0.15, 0.2) is 0 Å². The molecule has 2 aliphatic heterocycles. The molecule has 0 radical (unpaired) electrons. The summed E-state index contributed by atoms with van der Waals surface area (Å²) >= 11 is 3.12. The van der Waals surface area contributed by atoms with E-state index in [-0.39, 0.29) is 101 Å². The Bertz CT molecular complexity index is 3960. The summed E-state index contributed by atoms with van der Waals surface area (Å²) in [6.07, 6.45) is 6.46. The van der Waals surface area contributed by atoms with Gasteiger partial charge in [0.1, 0.15) is 57.9 Å². The topological polar surface area (TPSA) is 229 Å². The SMILES string of the molecule is COc1cc(-c2ccc(F)c(C)c2)c(F)cc1-n1c2c(ccc1=O)CN(S(=O)(=O)Cc1ncccn1)CC2.COc1cc(Br)c(F)cc1-n1c2c(ccc1=O)CN(S(=O)(=O)Cc1ncccn1)CC2.Cc1cc(B(O)O)ccc1F. The highest BCUT2D eigenvalue weighted by molar-refractivity contribution is 9.10. The normalized spacial score (nSPS) is 13.4. The molecule has 0 atom stereocenters. The Kier molecular flexibility index (Phi) is 18.3. The van der Waals surface area contributed by atoms with Gasteiger partial charge in [0.25, 0.3) is 11.1 Å². The summed E-state index contributed by atoms with van der Waals surface area (Å²) in [5, 5.41) is 17.3. The highest BCUT2D eigenvalue weighted by atomic mass is 79.9. The molecule has 0 unspecified atom stereocenters. The van der Waals surface area contributed by atoms with E-state index < -0.39 is 50.2 Å². The quantitative estimate of drug-likeness (QED) is 0.105. The molecule has 4 aromatic heterocycles. The van der Waals surface area contributed by atoms with Crippen LogP contribution >= 0.6 is 15.9 Å². The first-order valence-electron chi connectivity index (χ1n) is 24.3. The zero-order valence-corrected chi connectivity index (χ0v) is 46.4. The van der Waals surface area contributed by atoms with Crippen LogP contribution < -0.4 is 26.1 Å². The number of nitrogens with zero attached hydrogens (tertiary/aromatic N) is 8. The van der Waals surface area contributed by atoms with Crippen molar-refractivity contribution in [3.8, 4) is 34.0 Å². The number of ether oxygens (including phenoxy) is 2. The van der Waals surface area contributed by atoms with Crippen LogP contribution in [-0.4, -0.2) is 99.0 Å².